The van der Waals surface area contributed by atoms with Crippen molar-refractivity contribution in [2.75, 3.05) is 19.3 Å². The maximum absolute atomic E-state index is 11.7. The lowest BCUT2D eigenvalue weighted by Gasteiger charge is -2.30. The molecule has 0 aliphatic heterocycles. The van der Waals surface area contributed by atoms with Crippen LogP contribution in [-0.2, 0) is 9.84 Å². The van der Waals surface area contributed by atoms with Gasteiger partial charge in [-0.2, -0.15) is 0 Å². The molecule has 0 aromatic heterocycles. The van der Waals surface area contributed by atoms with Crippen LogP contribution in [0.2, 0.25) is 0 Å². The van der Waals surface area contributed by atoms with Crippen LogP contribution in [0.4, 0.5) is 0 Å². The first-order valence-corrected chi connectivity index (χ1v) is 6.86. The van der Waals surface area contributed by atoms with Crippen molar-refractivity contribution < 1.29 is 8.42 Å². The molecule has 0 amide bonds. The topological polar surface area (TPSA) is 86.2 Å². The van der Waals surface area contributed by atoms with Crippen molar-refractivity contribution in [2.45, 2.75) is 24.5 Å². The van der Waals surface area contributed by atoms with Gasteiger partial charge in [0.25, 0.3) is 0 Å². The zero-order valence-electron chi connectivity index (χ0n) is 8.86. The normalized spacial score (nSPS) is 38.9. The smallest absolute Gasteiger partial charge is 0.154 e. The van der Waals surface area contributed by atoms with Crippen LogP contribution < -0.4 is 11.5 Å². The summed E-state index contributed by atoms with van der Waals surface area (Å²) in [5, 5.41) is 0. The second-order valence-electron chi connectivity index (χ2n) is 4.48. The van der Waals surface area contributed by atoms with E-state index in [1.165, 1.54) is 6.26 Å². The Bertz CT molecular complexity index is 302. The van der Waals surface area contributed by atoms with E-state index in [2.05, 4.69) is 0 Å². The fourth-order valence-corrected chi connectivity index (χ4v) is 4.29. The maximum atomic E-state index is 11.7. The van der Waals surface area contributed by atoms with Crippen LogP contribution in [0.1, 0.15) is 19.8 Å². The highest BCUT2D eigenvalue weighted by Gasteiger charge is 2.50. The van der Waals surface area contributed by atoms with Gasteiger partial charge in [-0.05, 0) is 31.2 Å². The number of sulfone groups is 1. The third-order valence-corrected chi connectivity index (χ3v) is 5.85. The lowest BCUT2D eigenvalue weighted by atomic mass is 9.97. The zero-order valence-corrected chi connectivity index (χ0v) is 9.68. The molecule has 0 unspecified atom stereocenters. The Balaban J connectivity index is 3.03. The molecule has 84 valence electrons. The van der Waals surface area contributed by atoms with Crippen molar-refractivity contribution in [2.24, 2.45) is 23.3 Å². The molecule has 4 N–H and O–H groups in total. The monoisotopic (exact) mass is 220 g/mol. The molecule has 1 saturated carbocycles. The van der Waals surface area contributed by atoms with E-state index in [-0.39, 0.29) is 12.5 Å². The summed E-state index contributed by atoms with van der Waals surface area (Å²) < 4.78 is 22.8. The van der Waals surface area contributed by atoms with E-state index in [0.717, 1.165) is 6.42 Å². The summed E-state index contributed by atoms with van der Waals surface area (Å²) in [4.78, 5) is 0. The van der Waals surface area contributed by atoms with Gasteiger partial charge in [0.1, 0.15) is 0 Å². The summed E-state index contributed by atoms with van der Waals surface area (Å²) in [5.41, 5.74) is 11.2. The minimum atomic E-state index is -3.09. The molecule has 1 aliphatic carbocycles. The van der Waals surface area contributed by atoms with Crippen molar-refractivity contribution in [1.82, 2.24) is 0 Å². The lowest BCUT2D eigenvalue weighted by Crippen LogP contribution is -2.47. The quantitative estimate of drug-likeness (QED) is 0.685. The molecule has 3 atom stereocenters. The van der Waals surface area contributed by atoms with Gasteiger partial charge < -0.3 is 11.5 Å². The Kier molecular flexibility index (Phi) is 3.23. The van der Waals surface area contributed by atoms with E-state index in [0.29, 0.717) is 18.9 Å². The fourth-order valence-electron chi connectivity index (χ4n) is 2.62. The minimum Gasteiger partial charge on any atom is -0.330 e. The predicted octanol–water partition coefficient (Wildman–Crippen LogP) is -0.267. The van der Waals surface area contributed by atoms with Crippen molar-refractivity contribution in [3.63, 3.8) is 0 Å². The van der Waals surface area contributed by atoms with Gasteiger partial charge in [-0.3, -0.25) is 0 Å². The molecule has 4 nitrogen and oxygen atoms in total. The molecule has 0 radical (unpaired) electrons. The highest BCUT2D eigenvalue weighted by atomic mass is 32.2. The van der Waals surface area contributed by atoms with Gasteiger partial charge in [-0.15, -0.1) is 0 Å². The first-order chi connectivity index (χ1) is 6.37. The number of hydrogen-bond donors (Lipinski definition) is 2. The van der Waals surface area contributed by atoms with Crippen molar-refractivity contribution in [1.29, 1.82) is 0 Å². The molecule has 5 heteroatoms. The van der Waals surface area contributed by atoms with Gasteiger partial charge >= 0.3 is 0 Å². The van der Waals surface area contributed by atoms with Gasteiger partial charge in [0.2, 0.25) is 0 Å². The molecule has 14 heavy (non-hydrogen) atoms. The Morgan fingerprint density at radius 3 is 2.21 bits per heavy atom. The van der Waals surface area contributed by atoms with E-state index >= 15 is 0 Å². The predicted molar refractivity (Wildman–Crippen MR) is 57.6 cm³/mol. The molecule has 0 spiro atoms. The maximum Gasteiger partial charge on any atom is 0.154 e. The van der Waals surface area contributed by atoms with Crippen molar-refractivity contribution in [3.05, 3.63) is 0 Å². The molecular weight excluding hydrogens is 200 g/mol. The summed E-state index contributed by atoms with van der Waals surface area (Å²) in [6, 6.07) is 0. The van der Waals surface area contributed by atoms with E-state index in [9.17, 15) is 8.42 Å². The third-order valence-electron chi connectivity index (χ3n) is 3.64. The van der Waals surface area contributed by atoms with Crippen LogP contribution in [-0.4, -0.2) is 32.5 Å². The number of rotatable bonds is 3. The van der Waals surface area contributed by atoms with E-state index in [4.69, 9.17) is 11.5 Å². The zero-order chi connectivity index (χ0) is 11.0. The molecule has 0 aromatic rings. The van der Waals surface area contributed by atoms with Gasteiger partial charge in [0, 0.05) is 12.8 Å². The van der Waals surface area contributed by atoms with Crippen molar-refractivity contribution >= 4 is 9.84 Å². The van der Waals surface area contributed by atoms with Crippen LogP contribution in [0.5, 0.6) is 0 Å². The lowest BCUT2D eigenvalue weighted by molar-refractivity contribution is 0.436. The van der Waals surface area contributed by atoms with Gasteiger partial charge in [-0.1, -0.05) is 6.92 Å². The van der Waals surface area contributed by atoms with Gasteiger partial charge in [0.15, 0.2) is 9.84 Å². The van der Waals surface area contributed by atoms with Crippen molar-refractivity contribution in [3.8, 4) is 0 Å². The van der Waals surface area contributed by atoms with Crippen LogP contribution in [0.15, 0.2) is 0 Å². The van der Waals surface area contributed by atoms with Crippen LogP contribution in [0.3, 0.4) is 0 Å². The fraction of sp³-hybridized carbons (Fsp3) is 1.00. The molecular formula is C9H20N2O2S. The molecule has 1 rings (SSSR count). The third kappa shape index (κ3) is 1.68. The summed E-state index contributed by atoms with van der Waals surface area (Å²) in [7, 11) is -3.09. The van der Waals surface area contributed by atoms with Crippen LogP contribution >= 0.6 is 0 Å². The number of hydrogen-bond acceptors (Lipinski definition) is 4. The van der Waals surface area contributed by atoms with E-state index in [1.807, 2.05) is 6.92 Å². The highest BCUT2D eigenvalue weighted by Crippen LogP contribution is 2.43. The molecule has 0 saturated heterocycles. The molecule has 0 heterocycles. The van der Waals surface area contributed by atoms with E-state index in [1.54, 1.807) is 0 Å². The first-order valence-electron chi connectivity index (χ1n) is 4.97. The summed E-state index contributed by atoms with van der Waals surface area (Å²) >= 11 is 0. The van der Waals surface area contributed by atoms with Crippen LogP contribution in [0.25, 0.3) is 0 Å². The Hall–Kier alpha value is -0.130. The second kappa shape index (κ2) is 3.79. The summed E-state index contributed by atoms with van der Waals surface area (Å²) in [6.45, 7) is 2.73. The average molecular weight is 220 g/mol. The number of nitrogens with two attached hydrogens (primary N) is 2. The SMILES string of the molecule is C[C@H]1C[C@@H](CN)C[C@@]1(CN)S(C)(=O)=O. The molecule has 0 aromatic carbocycles. The van der Waals surface area contributed by atoms with Crippen LogP contribution in [0, 0.1) is 11.8 Å². The average Bonchev–Trinajstić information content (AvgIpc) is 2.42. The van der Waals surface area contributed by atoms with E-state index < -0.39 is 14.6 Å². The summed E-state index contributed by atoms with van der Waals surface area (Å²) in [5.74, 6) is 0.430. The highest BCUT2D eigenvalue weighted by molar-refractivity contribution is 7.92. The molecule has 0 bridgehead atoms. The molecule has 1 fully saturated rings. The Labute approximate surface area is 86.0 Å². The summed E-state index contributed by atoms with van der Waals surface area (Å²) in [6.07, 6.45) is 2.79. The van der Waals surface area contributed by atoms with Gasteiger partial charge in [0.05, 0.1) is 4.75 Å². The first kappa shape index (κ1) is 11.9. The Morgan fingerprint density at radius 1 is 1.43 bits per heavy atom. The second-order valence-corrected chi connectivity index (χ2v) is 6.84. The van der Waals surface area contributed by atoms with Gasteiger partial charge in [-0.25, -0.2) is 8.42 Å². The minimum absolute atomic E-state index is 0.121. The standard InChI is InChI=1S/C9H20N2O2S/c1-7-3-8(5-10)4-9(7,6-11)14(2,12)13/h7-8H,3-6,10-11H2,1-2H3/t7-,8+,9-/m0/s1. The molecule has 1 aliphatic rings. The Morgan fingerprint density at radius 2 is 2.00 bits per heavy atom. The largest absolute Gasteiger partial charge is 0.330 e.